The normalized spacial score (nSPS) is 11.4. The molecule has 3 heterocycles. The van der Waals surface area contributed by atoms with Crippen LogP contribution in [0.5, 0.6) is 0 Å². The summed E-state index contributed by atoms with van der Waals surface area (Å²) < 4.78 is 4.92. The van der Waals surface area contributed by atoms with Crippen molar-refractivity contribution in [3.8, 4) is 0 Å². The van der Waals surface area contributed by atoms with E-state index in [1.807, 2.05) is 25.3 Å². The third-order valence-electron chi connectivity index (χ3n) is 3.48. The molecule has 0 aliphatic heterocycles. The van der Waals surface area contributed by atoms with Gasteiger partial charge in [0.15, 0.2) is 15.2 Å². The van der Waals surface area contributed by atoms with Crippen LogP contribution in [0.1, 0.15) is 17.4 Å². The summed E-state index contributed by atoms with van der Waals surface area (Å²) in [5.41, 5.74) is 2.24. The van der Waals surface area contributed by atoms with Crippen LogP contribution in [0.15, 0.2) is 28.7 Å². The first-order chi connectivity index (χ1) is 11.7. The first-order valence-corrected chi connectivity index (χ1v) is 10.1. The number of nitrogens with one attached hydrogen (secondary N) is 1. The van der Waals surface area contributed by atoms with Crippen molar-refractivity contribution in [3.63, 3.8) is 0 Å². The van der Waals surface area contributed by atoms with E-state index in [0.29, 0.717) is 10.8 Å². The highest BCUT2D eigenvalue weighted by molar-refractivity contribution is 8.00. The molecule has 0 saturated carbocycles. The molecule has 3 aromatic heterocycles. The molecule has 24 heavy (non-hydrogen) atoms. The Balaban J connectivity index is 1.68. The molecule has 0 aliphatic carbocycles. The number of fused-ring (bicyclic) bond motifs is 3. The van der Waals surface area contributed by atoms with E-state index in [4.69, 9.17) is 0 Å². The van der Waals surface area contributed by atoms with Gasteiger partial charge in [-0.2, -0.15) is 5.10 Å². The minimum Gasteiger partial charge on any atom is -0.296 e. The number of hydrogen-bond acceptors (Lipinski definition) is 7. The Labute approximate surface area is 149 Å². The summed E-state index contributed by atoms with van der Waals surface area (Å²) in [4.78, 5) is 21.4. The summed E-state index contributed by atoms with van der Waals surface area (Å²) in [5.74, 6) is -0.244. The van der Waals surface area contributed by atoms with E-state index in [-0.39, 0.29) is 5.91 Å². The standard InChI is InChI=1S/C15H13N5OS3/c1-3-20-7-6-10(19-20)13(21)18-14-16-8-4-5-9-12(11(8)23-14)24-15(17-9)22-2/h4-7H,3H2,1-2H3,(H,16,18,21). The molecule has 0 atom stereocenters. The number of thioether (sulfide) groups is 1. The lowest BCUT2D eigenvalue weighted by atomic mass is 10.3. The second-order valence-corrected chi connectivity index (χ2v) is 8.03. The Morgan fingerprint density at radius 3 is 2.67 bits per heavy atom. The Bertz CT molecular complexity index is 1050. The van der Waals surface area contributed by atoms with Crippen molar-refractivity contribution in [2.75, 3.05) is 11.6 Å². The third-order valence-corrected chi connectivity index (χ3v) is 6.69. The number of amides is 1. The Kier molecular flexibility index (Phi) is 3.99. The van der Waals surface area contributed by atoms with Gasteiger partial charge in [-0.05, 0) is 31.4 Å². The van der Waals surface area contributed by atoms with Crippen molar-refractivity contribution in [1.29, 1.82) is 0 Å². The van der Waals surface area contributed by atoms with E-state index in [1.165, 1.54) is 11.3 Å². The van der Waals surface area contributed by atoms with E-state index in [0.717, 1.165) is 31.3 Å². The first kappa shape index (κ1) is 15.6. The van der Waals surface area contributed by atoms with Crippen LogP contribution in [0.2, 0.25) is 0 Å². The molecular weight excluding hydrogens is 362 g/mol. The Hall–Kier alpha value is -1.97. The number of benzene rings is 1. The summed E-state index contributed by atoms with van der Waals surface area (Å²) in [6.07, 6.45) is 3.81. The lowest BCUT2D eigenvalue weighted by molar-refractivity contribution is 0.102. The van der Waals surface area contributed by atoms with Crippen molar-refractivity contribution in [2.45, 2.75) is 17.8 Å². The maximum Gasteiger partial charge on any atom is 0.277 e. The molecule has 0 fully saturated rings. The van der Waals surface area contributed by atoms with Gasteiger partial charge in [0.25, 0.3) is 5.91 Å². The lowest BCUT2D eigenvalue weighted by Gasteiger charge is -1.97. The van der Waals surface area contributed by atoms with Crippen LogP contribution in [0, 0.1) is 0 Å². The lowest BCUT2D eigenvalue weighted by Crippen LogP contribution is -2.13. The highest BCUT2D eigenvalue weighted by atomic mass is 32.2. The summed E-state index contributed by atoms with van der Waals surface area (Å²) >= 11 is 4.76. The van der Waals surface area contributed by atoms with Crippen molar-refractivity contribution in [2.24, 2.45) is 0 Å². The van der Waals surface area contributed by atoms with Crippen LogP contribution in [0.3, 0.4) is 0 Å². The summed E-state index contributed by atoms with van der Waals surface area (Å²) in [7, 11) is 0. The molecule has 0 bridgehead atoms. The molecule has 0 radical (unpaired) electrons. The number of rotatable bonds is 4. The monoisotopic (exact) mass is 375 g/mol. The molecule has 122 valence electrons. The molecule has 6 nitrogen and oxygen atoms in total. The predicted molar refractivity (Wildman–Crippen MR) is 100 cm³/mol. The van der Waals surface area contributed by atoms with Crippen molar-refractivity contribution >= 4 is 65.9 Å². The average molecular weight is 376 g/mol. The van der Waals surface area contributed by atoms with Gasteiger partial charge < -0.3 is 0 Å². The van der Waals surface area contributed by atoms with Gasteiger partial charge in [-0.1, -0.05) is 23.1 Å². The fourth-order valence-electron chi connectivity index (χ4n) is 2.31. The van der Waals surface area contributed by atoms with Gasteiger partial charge in [0.05, 0.1) is 20.4 Å². The minimum absolute atomic E-state index is 0.244. The molecule has 9 heteroatoms. The number of carbonyl (C=O) groups is 1. The average Bonchev–Trinajstić information content (AvgIpc) is 3.30. The van der Waals surface area contributed by atoms with Gasteiger partial charge >= 0.3 is 0 Å². The summed E-state index contributed by atoms with van der Waals surface area (Å²) in [6.45, 7) is 2.71. The van der Waals surface area contributed by atoms with Crippen LogP contribution in [-0.4, -0.2) is 31.9 Å². The number of aryl methyl sites for hydroxylation is 1. The minimum atomic E-state index is -0.244. The molecule has 4 aromatic rings. The van der Waals surface area contributed by atoms with Crippen LogP contribution in [0.25, 0.3) is 20.4 Å². The Morgan fingerprint density at radius 1 is 1.21 bits per heavy atom. The fraction of sp³-hybridized carbons (Fsp3) is 0.200. The Morgan fingerprint density at radius 2 is 1.96 bits per heavy atom. The number of carbonyl (C=O) groups excluding carboxylic acids is 1. The van der Waals surface area contributed by atoms with E-state index in [2.05, 4.69) is 20.4 Å². The van der Waals surface area contributed by atoms with Crippen LogP contribution >= 0.6 is 34.4 Å². The van der Waals surface area contributed by atoms with Crippen LogP contribution in [0.4, 0.5) is 5.13 Å². The largest absolute Gasteiger partial charge is 0.296 e. The molecule has 0 spiro atoms. The van der Waals surface area contributed by atoms with Gasteiger partial charge in [-0.15, -0.1) is 11.3 Å². The predicted octanol–water partition coefficient (Wildman–Crippen LogP) is 4.10. The highest BCUT2D eigenvalue weighted by Gasteiger charge is 2.15. The van der Waals surface area contributed by atoms with Crippen LogP contribution in [-0.2, 0) is 6.54 Å². The molecule has 1 amide bonds. The quantitative estimate of drug-likeness (QED) is 0.544. The highest BCUT2D eigenvalue weighted by Crippen LogP contribution is 2.38. The molecular formula is C15H13N5OS3. The van der Waals surface area contributed by atoms with E-state index < -0.39 is 0 Å². The number of thiazole rings is 2. The van der Waals surface area contributed by atoms with Gasteiger partial charge in [-0.25, -0.2) is 9.97 Å². The van der Waals surface area contributed by atoms with Crippen molar-refractivity contribution in [1.82, 2.24) is 19.7 Å². The topological polar surface area (TPSA) is 72.7 Å². The van der Waals surface area contributed by atoms with Gasteiger partial charge in [0.1, 0.15) is 0 Å². The van der Waals surface area contributed by atoms with E-state index in [9.17, 15) is 4.79 Å². The number of anilines is 1. The molecule has 1 aromatic carbocycles. The van der Waals surface area contributed by atoms with Crippen molar-refractivity contribution in [3.05, 3.63) is 30.1 Å². The van der Waals surface area contributed by atoms with Crippen molar-refractivity contribution < 1.29 is 4.79 Å². The summed E-state index contributed by atoms with van der Waals surface area (Å²) in [5, 5.41) is 7.63. The van der Waals surface area contributed by atoms with Gasteiger partial charge in [0, 0.05) is 12.7 Å². The third kappa shape index (κ3) is 2.68. The zero-order chi connectivity index (χ0) is 16.7. The maximum absolute atomic E-state index is 12.3. The summed E-state index contributed by atoms with van der Waals surface area (Å²) in [6, 6.07) is 5.62. The first-order valence-electron chi connectivity index (χ1n) is 7.27. The fourth-order valence-corrected chi connectivity index (χ4v) is 4.97. The SMILES string of the molecule is CCn1ccc(C(=O)Nc2nc3ccc4nc(SC)sc4c3s2)n1. The van der Waals surface area contributed by atoms with E-state index in [1.54, 1.807) is 40.0 Å². The molecule has 0 aliphatic rings. The number of hydrogen-bond donors (Lipinski definition) is 1. The molecule has 4 rings (SSSR count). The maximum atomic E-state index is 12.3. The molecule has 1 N–H and O–H groups in total. The zero-order valence-corrected chi connectivity index (χ0v) is 15.4. The van der Waals surface area contributed by atoms with Gasteiger partial charge in [-0.3, -0.25) is 14.8 Å². The smallest absolute Gasteiger partial charge is 0.277 e. The van der Waals surface area contributed by atoms with E-state index >= 15 is 0 Å². The second-order valence-electron chi connectivity index (χ2n) is 4.98. The van der Waals surface area contributed by atoms with Crippen LogP contribution < -0.4 is 5.32 Å². The number of aromatic nitrogens is 4. The number of nitrogens with zero attached hydrogens (tertiary/aromatic N) is 4. The second kappa shape index (κ2) is 6.15. The molecule has 0 saturated heterocycles. The van der Waals surface area contributed by atoms with Gasteiger partial charge in [0.2, 0.25) is 0 Å². The zero-order valence-electron chi connectivity index (χ0n) is 12.9. The molecule has 0 unspecified atom stereocenters.